The standard InChI is InChI=1S/C16H24FNO/c17-16-6-4-14(5-7-16)15-8-11-18(12-9-15)10-2-1-3-13-19/h4-7,15,19H,1-3,8-13H2. The first-order chi connectivity index (χ1) is 9.29. The summed E-state index contributed by atoms with van der Waals surface area (Å²) in [6.45, 7) is 3.74. The van der Waals surface area contributed by atoms with E-state index in [0.717, 1.165) is 32.5 Å². The first-order valence-electron chi connectivity index (χ1n) is 7.38. The van der Waals surface area contributed by atoms with Crippen LogP contribution in [0.15, 0.2) is 24.3 Å². The van der Waals surface area contributed by atoms with E-state index in [1.807, 2.05) is 12.1 Å². The van der Waals surface area contributed by atoms with Gasteiger partial charge in [-0.05, 0) is 75.4 Å². The third-order valence-corrected chi connectivity index (χ3v) is 4.06. The first kappa shape index (κ1) is 14.5. The highest BCUT2D eigenvalue weighted by atomic mass is 19.1. The van der Waals surface area contributed by atoms with Crippen molar-refractivity contribution in [1.82, 2.24) is 4.90 Å². The Bertz CT molecular complexity index is 358. The van der Waals surface area contributed by atoms with Crippen LogP contribution in [0.2, 0.25) is 0 Å². The molecule has 1 fully saturated rings. The SMILES string of the molecule is OCCCCCN1CCC(c2ccc(F)cc2)CC1. The summed E-state index contributed by atoms with van der Waals surface area (Å²) in [7, 11) is 0. The molecular weight excluding hydrogens is 241 g/mol. The number of aliphatic hydroxyl groups excluding tert-OH is 1. The lowest BCUT2D eigenvalue weighted by molar-refractivity contribution is 0.205. The van der Waals surface area contributed by atoms with Crippen molar-refractivity contribution in [1.29, 1.82) is 0 Å². The zero-order chi connectivity index (χ0) is 13.5. The van der Waals surface area contributed by atoms with Crippen LogP contribution < -0.4 is 0 Å². The van der Waals surface area contributed by atoms with Crippen LogP contribution in [-0.2, 0) is 0 Å². The maximum atomic E-state index is 12.9. The van der Waals surface area contributed by atoms with Gasteiger partial charge < -0.3 is 10.0 Å². The van der Waals surface area contributed by atoms with Crippen LogP contribution in [0.4, 0.5) is 4.39 Å². The van der Waals surface area contributed by atoms with Crippen molar-refractivity contribution < 1.29 is 9.50 Å². The highest BCUT2D eigenvalue weighted by Crippen LogP contribution is 2.28. The van der Waals surface area contributed by atoms with Gasteiger partial charge in [0.05, 0.1) is 0 Å². The van der Waals surface area contributed by atoms with Gasteiger partial charge in [0.25, 0.3) is 0 Å². The third kappa shape index (κ3) is 4.59. The molecule has 0 bridgehead atoms. The van der Waals surface area contributed by atoms with Crippen molar-refractivity contribution >= 4 is 0 Å². The number of likely N-dealkylation sites (tertiary alicyclic amines) is 1. The molecule has 0 saturated carbocycles. The average Bonchev–Trinajstić information content (AvgIpc) is 2.45. The fraction of sp³-hybridized carbons (Fsp3) is 0.625. The molecule has 0 atom stereocenters. The molecule has 1 N–H and O–H groups in total. The van der Waals surface area contributed by atoms with E-state index in [-0.39, 0.29) is 5.82 Å². The molecule has 2 rings (SSSR count). The van der Waals surface area contributed by atoms with E-state index in [1.165, 1.54) is 24.8 Å². The molecule has 1 aromatic rings. The van der Waals surface area contributed by atoms with Gasteiger partial charge in [-0.1, -0.05) is 12.1 Å². The Balaban J connectivity index is 1.71. The molecule has 106 valence electrons. The van der Waals surface area contributed by atoms with Gasteiger partial charge in [-0.15, -0.1) is 0 Å². The number of halogens is 1. The van der Waals surface area contributed by atoms with E-state index in [9.17, 15) is 4.39 Å². The molecule has 0 spiro atoms. The number of nitrogens with zero attached hydrogens (tertiary/aromatic N) is 1. The van der Waals surface area contributed by atoms with Crippen LogP contribution in [0.25, 0.3) is 0 Å². The lowest BCUT2D eigenvalue weighted by Crippen LogP contribution is -2.33. The zero-order valence-electron chi connectivity index (χ0n) is 11.5. The largest absolute Gasteiger partial charge is 0.396 e. The van der Waals surface area contributed by atoms with Crippen molar-refractivity contribution in [2.75, 3.05) is 26.2 Å². The molecule has 19 heavy (non-hydrogen) atoms. The molecule has 2 nitrogen and oxygen atoms in total. The number of hydrogen-bond acceptors (Lipinski definition) is 2. The van der Waals surface area contributed by atoms with Gasteiger partial charge >= 0.3 is 0 Å². The molecular formula is C16H24FNO. The van der Waals surface area contributed by atoms with Gasteiger partial charge in [0, 0.05) is 6.61 Å². The topological polar surface area (TPSA) is 23.5 Å². The molecule has 0 aromatic heterocycles. The Hall–Kier alpha value is -0.930. The number of hydrogen-bond donors (Lipinski definition) is 1. The lowest BCUT2D eigenvalue weighted by Gasteiger charge is -2.32. The van der Waals surface area contributed by atoms with Crippen LogP contribution >= 0.6 is 0 Å². The Kier molecular flexibility index (Phi) is 5.80. The second-order valence-corrected chi connectivity index (χ2v) is 5.45. The van der Waals surface area contributed by atoms with Crippen LogP contribution in [-0.4, -0.2) is 36.2 Å². The fourth-order valence-corrected chi connectivity index (χ4v) is 2.85. The molecule has 0 unspecified atom stereocenters. The maximum absolute atomic E-state index is 12.9. The van der Waals surface area contributed by atoms with Crippen LogP contribution in [0.3, 0.4) is 0 Å². The van der Waals surface area contributed by atoms with Crippen molar-refractivity contribution in [2.45, 2.75) is 38.0 Å². The first-order valence-corrected chi connectivity index (χ1v) is 7.38. The highest BCUT2D eigenvalue weighted by molar-refractivity contribution is 5.21. The predicted molar refractivity (Wildman–Crippen MR) is 75.8 cm³/mol. The minimum absolute atomic E-state index is 0.148. The Labute approximate surface area is 115 Å². The Morgan fingerprint density at radius 1 is 1.05 bits per heavy atom. The molecule has 0 amide bonds. The summed E-state index contributed by atoms with van der Waals surface area (Å²) < 4.78 is 12.9. The molecule has 1 heterocycles. The van der Waals surface area contributed by atoms with Gasteiger partial charge in [0.2, 0.25) is 0 Å². The van der Waals surface area contributed by atoms with Crippen LogP contribution in [0.1, 0.15) is 43.6 Å². The van der Waals surface area contributed by atoms with Crippen molar-refractivity contribution in [3.63, 3.8) is 0 Å². The summed E-state index contributed by atoms with van der Waals surface area (Å²) in [5.41, 5.74) is 1.28. The fourth-order valence-electron chi connectivity index (χ4n) is 2.85. The van der Waals surface area contributed by atoms with Crippen LogP contribution in [0.5, 0.6) is 0 Å². The van der Waals surface area contributed by atoms with Crippen LogP contribution in [0, 0.1) is 5.82 Å². The second-order valence-electron chi connectivity index (χ2n) is 5.45. The lowest BCUT2D eigenvalue weighted by atomic mass is 9.89. The number of rotatable bonds is 6. The quantitative estimate of drug-likeness (QED) is 0.799. The van der Waals surface area contributed by atoms with Crippen molar-refractivity contribution in [3.05, 3.63) is 35.6 Å². The van der Waals surface area contributed by atoms with Gasteiger partial charge in [0.15, 0.2) is 0 Å². The van der Waals surface area contributed by atoms with Gasteiger partial charge in [-0.3, -0.25) is 0 Å². The van der Waals surface area contributed by atoms with E-state index >= 15 is 0 Å². The summed E-state index contributed by atoms with van der Waals surface area (Å²) >= 11 is 0. The summed E-state index contributed by atoms with van der Waals surface area (Å²) in [6.07, 6.45) is 5.57. The number of unbranched alkanes of at least 4 members (excludes halogenated alkanes) is 2. The normalized spacial score (nSPS) is 17.8. The number of benzene rings is 1. The average molecular weight is 265 g/mol. The predicted octanol–water partition coefficient (Wildman–Crippen LogP) is 3.17. The second kappa shape index (κ2) is 7.61. The van der Waals surface area contributed by atoms with E-state index in [1.54, 1.807) is 12.1 Å². The summed E-state index contributed by atoms with van der Waals surface area (Å²) in [4.78, 5) is 2.51. The molecule has 1 aromatic carbocycles. The minimum Gasteiger partial charge on any atom is -0.396 e. The third-order valence-electron chi connectivity index (χ3n) is 4.06. The number of aliphatic hydroxyl groups is 1. The van der Waals surface area contributed by atoms with Crippen molar-refractivity contribution in [3.8, 4) is 0 Å². The molecule has 3 heteroatoms. The summed E-state index contributed by atoms with van der Waals surface area (Å²) in [6, 6.07) is 6.99. The Morgan fingerprint density at radius 3 is 2.37 bits per heavy atom. The molecule has 1 aliphatic rings. The van der Waals surface area contributed by atoms with Gasteiger partial charge in [0.1, 0.15) is 5.82 Å². The Morgan fingerprint density at radius 2 is 1.74 bits per heavy atom. The summed E-state index contributed by atoms with van der Waals surface area (Å²) in [5, 5.41) is 8.74. The summed E-state index contributed by atoms with van der Waals surface area (Å²) in [5.74, 6) is 0.444. The molecule has 1 saturated heterocycles. The van der Waals surface area contributed by atoms with Crippen molar-refractivity contribution in [2.24, 2.45) is 0 Å². The van der Waals surface area contributed by atoms with Gasteiger partial charge in [-0.25, -0.2) is 4.39 Å². The van der Waals surface area contributed by atoms with E-state index in [4.69, 9.17) is 5.11 Å². The van der Waals surface area contributed by atoms with E-state index in [0.29, 0.717) is 12.5 Å². The monoisotopic (exact) mass is 265 g/mol. The van der Waals surface area contributed by atoms with E-state index in [2.05, 4.69) is 4.90 Å². The van der Waals surface area contributed by atoms with E-state index < -0.39 is 0 Å². The maximum Gasteiger partial charge on any atom is 0.123 e. The highest BCUT2D eigenvalue weighted by Gasteiger charge is 2.19. The molecule has 1 aliphatic heterocycles. The minimum atomic E-state index is -0.148. The smallest absolute Gasteiger partial charge is 0.123 e. The molecule has 0 radical (unpaired) electrons. The number of piperidine rings is 1. The zero-order valence-corrected chi connectivity index (χ0v) is 11.5. The van der Waals surface area contributed by atoms with Gasteiger partial charge in [-0.2, -0.15) is 0 Å². The molecule has 0 aliphatic carbocycles.